The van der Waals surface area contributed by atoms with Crippen LogP contribution in [-0.2, 0) is 6.18 Å². The average molecular weight is 327 g/mol. The van der Waals surface area contributed by atoms with Crippen molar-refractivity contribution in [1.82, 2.24) is 9.38 Å². The molecule has 0 radical (unpaired) electrons. The summed E-state index contributed by atoms with van der Waals surface area (Å²) in [6.07, 6.45) is -2.75. The molecule has 2 aromatic carbocycles. The first-order valence-electron chi connectivity index (χ1n) is 7.28. The molecular weight excluding hydrogens is 315 g/mol. The maximum absolute atomic E-state index is 13.3. The minimum atomic E-state index is -4.47. The monoisotopic (exact) mass is 327 g/mol. The summed E-state index contributed by atoms with van der Waals surface area (Å²) < 4.78 is 41.5. The number of alkyl halides is 3. The van der Waals surface area contributed by atoms with Crippen molar-refractivity contribution in [1.29, 1.82) is 0 Å². The Bertz CT molecular complexity index is 1060. The molecule has 3 nitrogen and oxygen atoms in total. The summed E-state index contributed by atoms with van der Waals surface area (Å²) >= 11 is 0. The van der Waals surface area contributed by atoms with Crippen LogP contribution in [0.3, 0.4) is 0 Å². The minimum absolute atomic E-state index is 0.0183. The number of pyridine rings is 1. The van der Waals surface area contributed by atoms with E-state index in [-0.39, 0.29) is 17.1 Å². The third-order valence-electron chi connectivity index (χ3n) is 4.04. The fraction of sp³-hybridized carbons (Fsp3) is 0.0556. The molecule has 0 aliphatic heterocycles. The summed E-state index contributed by atoms with van der Waals surface area (Å²) in [5.41, 5.74) is 6.02. The zero-order valence-electron chi connectivity index (χ0n) is 12.4. The Morgan fingerprint density at radius 3 is 2.42 bits per heavy atom. The number of nitrogens with two attached hydrogens (primary N) is 1. The number of hydrogen-bond acceptors (Lipinski definition) is 2. The molecule has 0 fully saturated rings. The molecule has 0 amide bonds. The summed E-state index contributed by atoms with van der Waals surface area (Å²) in [4.78, 5) is 4.42. The molecule has 0 aliphatic rings. The van der Waals surface area contributed by atoms with Crippen LogP contribution < -0.4 is 5.73 Å². The molecule has 2 aromatic heterocycles. The molecule has 6 heteroatoms. The summed E-state index contributed by atoms with van der Waals surface area (Å²) in [5, 5.41) is 1.79. The van der Waals surface area contributed by atoms with Crippen molar-refractivity contribution in [3.05, 3.63) is 66.4 Å². The van der Waals surface area contributed by atoms with Gasteiger partial charge in [0, 0.05) is 17.1 Å². The molecule has 2 N–H and O–H groups in total. The number of halogens is 3. The van der Waals surface area contributed by atoms with Crippen molar-refractivity contribution in [2.75, 3.05) is 5.73 Å². The molecule has 24 heavy (non-hydrogen) atoms. The Morgan fingerprint density at radius 2 is 1.62 bits per heavy atom. The number of anilines is 1. The minimum Gasteiger partial charge on any atom is -0.383 e. The normalized spacial score (nSPS) is 12.1. The lowest BCUT2D eigenvalue weighted by molar-refractivity contribution is -0.137. The van der Waals surface area contributed by atoms with E-state index in [1.807, 2.05) is 30.3 Å². The van der Waals surface area contributed by atoms with Gasteiger partial charge in [-0.1, -0.05) is 42.5 Å². The number of nitrogens with zero attached hydrogens (tertiary/aromatic N) is 2. The quantitative estimate of drug-likeness (QED) is 0.548. The molecule has 120 valence electrons. The number of hydrogen-bond donors (Lipinski definition) is 1. The van der Waals surface area contributed by atoms with E-state index in [0.29, 0.717) is 5.65 Å². The first-order chi connectivity index (χ1) is 11.5. The number of aromatic nitrogens is 2. The third-order valence-corrected chi connectivity index (χ3v) is 4.04. The summed E-state index contributed by atoms with van der Waals surface area (Å²) in [5.74, 6) is 0.187. The smallest absolute Gasteiger partial charge is 0.383 e. The number of imidazole rings is 1. The second-order valence-electron chi connectivity index (χ2n) is 5.49. The largest absolute Gasteiger partial charge is 0.417 e. The predicted molar refractivity (Wildman–Crippen MR) is 87.5 cm³/mol. The molecule has 0 unspecified atom stereocenters. The van der Waals surface area contributed by atoms with E-state index in [9.17, 15) is 13.2 Å². The topological polar surface area (TPSA) is 43.3 Å². The van der Waals surface area contributed by atoms with Crippen LogP contribution in [0.25, 0.3) is 27.7 Å². The van der Waals surface area contributed by atoms with Gasteiger partial charge in [0.05, 0.1) is 5.56 Å². The molecule has 0 saturated heterocycles. The van der Waals surface area contributed by atoms with Gasteiger partial charge < -0.3 is 5.73 Å². The predicted octanol–water partition coefficient (Wildman–Crippen LogP) is 4.76. The van der Waals surface area contributed by atoms with Gasteiger partial charge in [0.15, 0.2) is 0 Å². The van der Waals surface area contributed by atoms with Crippen LogP contribution in [0.5, 0.6) is 0 Å². The van der Waals surface area contributed by atoms with Crippen LogP contribution in [0.15, 0.2) is 60.8 Å². The van der Waals surface area contributed by atoms with Gasteiger partial charge in [-0.25, -0.2) is 4.98 Å². The summed E-state index contributed by atoms with van der Waals surface area (Å²) in [7, 11) is 0. The van der Waals surface area contributed by atoms with E-state index >= 15 is 0 Å². The maximum atomic E-state index is 13.3. The van der Waals surface area contributed by atoms with Crippen molar-refractivity contribution in [2.45, 2.75) is 6.18 Å². The average Bonchev–Trinajstić information content (AvgIpc) is 2.91. The summed E-state index contributed by atoms with van der Waals surface area (Å²) in [6.45, 7) is 0. The summed E-state index contributed by atoms with van der Waals surface area (Å²) in [6, 6.07) is 14.7. The Hall–Kier alpha value is -3.02. The molecule has 0 spiro atoms. The highest BCUT2D eigenvalue weighted by Gasteiger charge is 2.34. The van der Waals surface area contributed by atoms with E-state index in [1.54, 1.807) is 16.7 Å². The van der Waals surface area contributed by atoms with Crippen LogP contribution >= 0.6 is 0 Å². The SMILES string of the molecule is Nc1c(-c2ccccc2C(F)(F)F)nc2c3ccccc3ccn12. The molecule has 0 bridgehead atoms. The molecule has 2 heterocycles. The highest BCUT2D eigenvalue weighted by atomic mass is 19.4. The van der Waals surface area contributed by atoms with Crippen molar-refractivity contribution in [3.63, 3.8) is 0 Å². The van der Waals surface area contributed by atoms with E-state index in [0.717, 1.165) is 16.8 Å². The van der Waals surface area contributed by atoms with Gasteiger partial charge in [0.1, 0.15) is 17.2 Å². The second-order valence-corrected chi connectivity index (χ2v) is 5.49. The zero-order chi connectivity index (χ0) is 16.9. The maximum Gasteiger partial charge on any atom is 0.417 e. The fourth-order valence-electron chi connectivity index (χ4n) is 2.92. The fourth-order valence-corrected chi connectivity index (χ4v) is 2.92. The lowest BCUT2D eigenvalue weighted by atomic mass is 10.0. The van der Waals surface area contributed by atoms with E-state index in [2.05, 4.69) is 4.98 Å². The number of fused-ring (bicyclic) bond motifs is 3. The van der Waals surface area contributed by atoms with Gasteiger partial charge in [0.2, 0.25) is 0 Å². The van der Waals surface area contributed by atoms with Crippen LogP contribution in [0.2, 0.25) is 0 Å². The van der Waals surface area contributed by atoms with Gasteiger partial charge in [-0.2, -0.15) is 13.2 Å². The van der Waals surface area contributed by atoms with Gasteiger partial charge in [0.25, 0.3) is 0 Å². The van der Waals surface area contributed by atoms with Crippen molar-refractivity contribution < 1.29 is 13.2 Å². The first kappa shape index (κ1) is 14.6. The molecule has 4 aromatic rings. The number of rotatable bonds is 1. The van der Waals surface area contributed by atoms with E-state index in [4.69, 9.17) is 5.73 Å². The van der Waals surface area contributed by atoms with Crippen LogP contribution in [-0.4, -0.2) is 9.38 Å². The van der Waals surface area contributed by atoms with Gasteiger partial charge in [-0.3, -0.25) is 4.40 Å². The molecule has 0 aliphatic carbocycles. The number of nitrogen functional groups attached to an aromatic ring is 1. The van der Waals surface area contributed by atoms with Crippen LogP contribution in [0.4, 0.5) is 19.0 Å². The lowest BCUT2D eigenvalue weighted by Gasteiger charge is -2.11. The Labute approximate surface area is 135 Å². The zero-order valence-corrected chi connectivity index (χ0v) is 12.4. The second kappa shape index (κ2) is 4.99. The molecular formula is C18H12F3N3. The first-order valence-corrected chi connectivity index (χ1v) is 7.28. The highest BCUT2D eigenvalue weighted by Crippen LogP contribution is 2.39. The molecule has 0 atom stereocenters. The van der Waals surface area contributed by atoms with Crippen LogP contribution in [0, 0.1) is 0 Å². The van der Waals surface area contributed by atoms with E-state index < -0.39 is 11.7 Å². The molecule has 0 saturated carbocycles. The highest BCUT2D eigenvalue weighted by molar-refractivity contribution is 5.96. The van der Waals surface area contributed by atoms with Crippen molar-refractivity contribution >= 4 is 22.2 Å². The van der Waals surface area contributed by atoms with Crippen LogP contribution in [0.1, 0.15) is 5.56 Å². The Balaban J connectivity index is 2.06. The van der Waals surface area contributed by atoms with Gasteiger partial charge in [-0.15, -0.1) is 0 Å². The third kappa shape index (κ3) is 2.11. The Kier molecular flexibility index (Phi) is 3.03. The molecule has 4 rings (SSSR count). The van der Waals surface area contributed by atoms with Crippen molar-refractivity contribution in [3.8, 4) is 11.3 Å². The lowest BCUT2D eigenvalue weighted by Crippen LogP contribution is -2.07. The van der Waals surface area contributed by atoms with E-state index in [1.165, 1.54) is 12.1 Å². The Morgan fingerprint density at radius 1 is 0.917 bits per heavy atom. The van der Waals surface area contributed by atoms with Gasteiger partial charge in [-0.05, 0) is 17.5 Å². The van der Waals surface area contributed by atoms with Crippen molar-refractivity contribution in [2.24, 2.45) is 0 Å². The standard InChI is InChI=1S/C18H12F3N3/c19-18(20,21)14-8-4-3-7-13(14)15-16(22)24-10-9-11-5-1-2-6-12(11)17(24)23-15/h1-10H,22H2. The number of benzene rings is 2. The van der Waals surface area contributed by atoms with Gasteiger partial charge >= 0.3 is 6.18 Å².